The number of sulfonamides is 1. The van der Waals surface area contributed by atoms with Gasteiger partial charge in [0.25, 0.3) is 10.0 Å². The van der Waals surface area contributed by atoms with Gasteiger partial charge in [0.05, 0.1) is 16.1 Å². The van der Waals surface area contributed by atoms with Crippen molar-refractivity contribution >= 4 is 33.4 Å². The Morgan fingerprint density at radius 1 is 1.07 bits per heavy atom. The molecule has 3 rings (SSSR count). The smallest absolute Gasteiger partial charge is 0.338 e. The van der Waals surface area contributed by atoms with Gasteiger partial charge in [-0.1, -0.05) is 6.07 Å². The summed E-state index contributed by atoms with van der Waals surface area (Å²) in [5, 5.41) is 0. The van der Waals surface area contributed by atoms with Crippen LogP contribution in [0.3, 0.4) is 0 Å². The van der Waals surface area contributed by atoms with Crippen LogP contribution in [-0.4, -0.2) is 32.3 Å². The van der Waals surface area contributed by atoms with E-state index in [0.29, 0.717) is 23.5 Å². The molecule has 1 heterocycles. The molecular formula is C21H25NO4S2. The van der Waals surface area contributed by atoms with E-state index < -0.39 is 21.6 Å². The lowest BCUT2D eigenvalue weighted by atomic mass is 10.1. The van der Waals surface area contributed by atoms with Crippen LogP contribution < -0.4 is 4.31 Å². The number of fused-ring (bicyclic) bond motifs is 1. The number of thioether (sulfide) groups is 1. The van der Waals surface area contributed by atoms with E-state index in [4.69, 9.17) is 4.74 Å². The van der Waals surface area contributed by atoms with Gasteiger partial charge in [0, 0.05) is 17.2 Å². The average Bonchev–Trinajstić information content (AvgIpc) is 2.58. The third kappa shape index (κ3) is 4.36. The highest BCUT2D eigenvalue weighted by Gasteiger charge is 2.31. The lowest BCUT2D eigenvalue weighted by molar-refractivity contribution is 0.00694. The highest BCUT2D eigenvalue weighted by Crippen LogP contribution is 2.39. The van der Waals surface area contributed by atoms with Crippen LogP contribution in [0.15, 0.2) is 46.2 Å². The summed E-state index contributed by atoms with van der Waals surface area (Å²) in [6, 6.07) is 10.4. The van der Waals surface area contributed by atoms with Crippen molar-refractivity contribution in [2.45, 2.75) is 50.0 Å². The topological polar surface area (TPSA) is 63.7 Å². The minimum atomic E-state index is -3.73. The van der Waals surface area contributed by atoms with Crippen molar-refractivity contribution in [2.75, 3.05) is 16.6 Å². The second-order valence-corrected chi connectivity index (χ2v) is 10.9. The van der Waals surface area contributed by atoms with Gasteiger partial charge in [-0.2, -0.15) is 0 Å². The number of nitrogens with zero attached hydrogens (tertiary/aromatic N) is 1. The van der Waals surface area contributed by atoms with Gasteiger partial charge in [-0.25, -0.2) is 13.2 Å². The van der Waals surface area contributed by atoms with Gasteiger partial charge in [-0.15, -0.1) is 11.8 Å². The average molecular weight is 420 g/mol. The number of benzene rings is 2. The number of ether oxygens (including phenoxy) is 1. The molecule has 0 radical (unpaired) electrons. The molecule has 0 spiro atoms. The molecule has 0 amide bonds. The van der Waals surface area contributed by atoms with E-state index in [-0.39, 0.29) is 4.90 Å². The van der Waals surface area contributed by atoms with Crippen molar-refractivity contribution in [3.63, 3.8) is 0 Å². The van der Waals surface area contributed by atoms with Crippen LogP contribution in [0.25, 0.3) is 0 Å². The normalized spacial score (nSPS) is 14.5. The molecule has 2 aromatic carbocycles. The van der Waals surface area contributed by atoms with E-state index in [9.17, 15) is 13.2 Å². The number of carbonyl (C=O) groups excluding carboxylic acids is 1. The predicted molar refractivity (Wildman–Crippen MR) is 113 cm³/mol. The summed E-state index contributed by atoms with van der Waals surface area (Å²) < 4.78 is 33.6. The first-order valence-electron chi connectivity index (χ1n) is 9.09. The number of anilines is 1. The summed E-state index contributed by atoms with van der Waals surface area (Å²) in [6.07, 6.45) is 0. The Morgan fingerprint density at radius 2 is 1.71 bits per heavy atom. The number of hydrogen-bond acceptors (Lipinski definition) is 5. The maximum absolute atomic E-state index is 13.4. The highest BCUT2D eigenvalue weighted by molar-refractivity contribution is 8.00. The van der Waals surface area contributed by atoms with E-state index >= 15 is 0 Å². The zero-order valence-electron chi connectivity index (χ0n) is 16.8. The molecule has 5 nitrogen and oxygen atoms in total. The van der Waals surface area contributed by atoms with Crippen LogP contribution in [0.2, 0.25) is 0 Å². The minimum absolute atomic E-state index is 0.269. The van der Waals surface area contributed by atoms with Crippen molar-refractivity contribution in [3.8, 4) is 0 Å². The van der Waals surface area contributed by atoms with Gasteiger partial charge in [-0.05, 0) is 76.1 Å². The van der Waals surface area contributed by atoms with E-state index in [2.05, 4.69) is 0 Å². The second-order valence-electron chi connectivity index (χ2n) is 7.93. The van der Waals surface area contributed by atoms with Gasteiger partial charge in [0.2, 0.25) is 0 Å². The second kappa shape index (κ2) is 7.44. The van der Waals surface area contributed by atoms with Crippen LogP contribution >= 0.6 is 11.8 Å². The summed E-state index contributed by atoms with van der Waals surface area (Å²) in [5.41, 5.74) is 2.04. The maximum atomic E-state index is 13.4. The zero-order valence-corrected chi connectivity index (χ0v) is 18.4. The minimum Gasteiger partial charge on any atom is -0.456 e. The van der Waals surface area contributed by atoms with Gasteiger partial charge in [0.15, 0.2) is 0 Å². The molecule has 150 valence electrons. The Labute approximate surface area is 171 Å². The highest BCUT2D eigenvalue weighted by atomic mass is 32.2. The molecule has 0 fully saturated rings. The lowest BCUT2D eigenvalue weighted by Gasteiger charge is -2.30. The maximum Gasteiger partial charge on any atom is 0.338 e. The largest absolute Gasteiger partial charge is 0.456 e. The fraction of sp³-hybridized carbons (Fsp3) is 0.381. The van der Waals surface area contributed by atoms with Gasteiger partial charge >= 0.3 is 5.97 Å². The van der Waals surface area contributed by atoms with Gasteiger partial charge < -0.3 is 4.74 Å². The van der Waals surface area contributed by atoms with Crippen LogP contribution in [-0.2, 0) is 14.8 Å². The molecule has 0 N–H and O–H groups in total. The van der Waals surface area contributed by atoms with Crippen molar-refractivity contribution < 1.29 is 17.9 Å². The fourth-order valence-corrected chi connectivity index (χ4v) is 5.93. The fourth-order valence-electron chi connectivity index (χ4n) is 3.12. The van der Waals surface area contributed by atoms with Crippen molar-refractivity contribution in [1.29, 1.82) is 0 Å². The molecule has 1 aliphatic rings. The monoisotopic (exact) mass is 419 g/mol. The Kier molecular flexibility index (Phi) is 5.51. The summed E-state index contributed by atoms with van der Waals surface area (Å²) in [5.74, 6) is 0.192. The molecule has 0 atom stereocenters. The Bertz CT molecular complexity index is 1000. The predicted octanol–water partition coefficient (Wildman–Crippen LogP) is 4.56. The Balaban J connectivity index is 2.04. The van der Waals surface area contributed by atoms with Crippen molar-refractivity contribution in [1.82, 2.24) is 0 Å². The Hall–Kier alpha value is -1.99. The van der Waals surface area contributed by atoms with E-state index in [1.807, 2.05) is 19.9 Å². The number of rotatable bonds is 3. The molecule has 0 aliphatic carbocycles. The van der Waals surface area contributed by atoms with Gasteiger partial charge in [0.1, 0.15) is 5.60 Å². The standard InChI is InChI=1S/C21H25NO4S2/c1-14-10-15(2)12-17(11-14)28(24,25)22-8-9-27-19-7-6-16(13-18(19)22)20(23)26-21(3,4)5/h6-7,10-13H,8-9H2,1-5H3. The van der Waals surface area contributed by atoms with Crippen molar-refractivity contribution in [2.24, 2.45) is 0 Å². The molecule has 1 aliphatic heterocycles. The Morgan fingerprint density at radius 3 is 2.32 bits per heavy atom. The van der Waals surface area contributed by atoms with Crippen LogP contribution in [0.5, 0.6) is 0 Å². The van der Waals surface area contributed by atoms with Crippen LogP contribution in [0.1, 0.15) is 42.3 Å². The molecule has 0 aromatic heterocycles. The number of esters is 1. The first-order chi connectivity index (χ1) is 13.0. The van der Waals surface area contributed by atoms with Gasteiger partial charge in [-0.3, -0.25) is 4.31 Å². The van der Waals surface area contributed by atoms with Crippen LogP contribution in [0, 0.1) is 13.8 Å². The lowest BCUT2D eigenvalue weighted by Crippen LogP contribution is -2.35. The first kappa shape index (κ1) is 20.7. The number of aryl methyl sites for hydroxylation is 2. The zero-order chi connectivity index (χ0) is 20.7. The summed E-state index contributed by atoms with van der Waals surface area (Å²) >= 11 is 1.59. The molecule has 0 bridgehead atoms. The van der Waals surface area contributed by atoms with Crippen molar-refractivity contribution in [3.05, 3.63) is 53.1 Å². The molecule has 0 unspecified atom stereocenters. The SMILES string of the molecule is Cc1cc(C)cc(S(=O)(=O)N2CCSc3ccc(C(=O)OC(C)(C)C)cc32)c1. The molecule has 0 saturated heterocycles. The molecule has 0 saturated carbocycles. The van der Waals surface area contributed by atoms with E-state index in [1.54, 1.807) is 62.9 Å². The third-order valence-electron chi connectivity index (χ3n) is 4.20. The molecular weight excluding hydrogens is 394 g/mol. The summed E-state index contributed by atoms with van der Waals surface area (Å²) in [6.45, 7) is 9.52. The van der Waals surface area contributed by atoms with E-state index in [0.717, 1.165) is 16.0 Å². The number of hydrogen-bond donors (Lipinski definition) is 0. The summed E-state index contributed by atoms with van der Waals surface area (Å²) in [4.78, 5) is 13.6. The molecule has 28 heavy (non-hydrogen) atoms. The molecule has 7 heteroatoms. The molecule has 2 aromatic rings. The number of carbonyl (C=O) groups is 1. The third-order valence-corrected chi connectivity index (χ3v) is 7.03. The summed E-state index contributed by atoms with van der Waals surface area (Å²) in [7, 11) is -3.73. The van der Waals surface area contributed by atoms with E-state index in [1.165, 1.54) is 4.31 Å². The quantitative estimate of drug-likeness (QED) is 0.683. The first-order valence-corrected chi connectivity index (χ1v) is 11.5. The van der Waals surface area contributed by atoms with Crippen LogP contribution in [0.4, 0.5) is 5.69 Å².